The first-order valence-corrected chi connectivity index (χ1v) is 10.2. The number of fused-ring (bicyclic) bond motifs is 4. The number of halogens is 1. The van der Waals surface area contributed by atoms with Crippen LogP contribution in [0.15, 0.2) is 42.5 Å². The van der Waals surface area contributed by atoms with Crippen LogP contribution in [0.3, 0.4) is 0 Å². The minimum absolute atomic E-state index is 0.0276. The van der Waals surface area contributed by atoms with Crippen molar-refractivity contribution in [1.82, 2.24) is 5.32 Å². The Morgan fingerprint density at radius 1 is 1.16 bits per heavy atom. The van der Waals surface area contributed by atoms with Gasteiger partial charge in [0.1, 0.15) is 0 Å². The number of barbiturate groups is 1. The first-order valence-electron chi connectivity index (χ1n) is 9.82. The third kappa shape index (κ3) is 2.73. The summed E-state index contributed by atoms with van der Waals surface area (Å²) >= 11 is 6.06. The number of benzene rings is 2. The van der Waals surface area contributed by atoms with Crippen LogP contribution in [-0.4, -0.2) is 35.4 Å². The molecule has 2 fully saturated rings. The molecule has 2 aromatic rings. The summed E-state index contributed by atoms with van der Waals surface area (Å²) < 4.78 is 0. The lowest BCUT2D eigenvalue weighted by Crippen LogP contribution is -2.71. The Morgan fingerprint density at radius 3 is 2.71 bits per heavy atom. The number of carbonyl (C=O) groups is 3. The number of imide groups is 2. The largest absolute Gasteiger partial charge is 0.367 e. The highest BCUT2D eigenvalue weighted by Crippen LogP contribution is 2.49. The molecule has 1 N–H and O–H groups in total. The van der Waals surface area contributed by atoms with Crippen LogP contribution < -0.4 is 15.1 Å². The number of anilines is 2. The van der Waals surface area contributed by atoms with Crippen LogP contribution in [0.1, 0.15) is 18.4 Å². The fourth-order valence-electron chi connectivity index (χ4n) is 5.05. The number of rotatable bonds is 2. The van der Waals surface area contributed by atoms with Crippen LogP contribution in [0.25, 0.3) is 0 Å². The Morgan fingerprint density at radius 2 is 1.97 bits per heavy atom. The number of hydrogen-bond acceptors (Lipinski definition) is 6. The number of nitrogens with one attached hydrogen (secondary N) is 1. The molecular formula is C21H17ClN4O5. The molecule has 0 radical (unpaired) electrons. The maximum atomic E-state index is 13.8. The van der Waals surface area contributed by atoms with Crippen molar-refractivity contribution in [3.8, 4) is 0 Å². The fourth-order valence-corrected chi connectivity index (χ4v) is 5.23. The number of amides is 4. The Balaban J connectivity index is 1.67. The summed E-state index contributed by atoms with van der Waals surface area (Å²) in [6.07, 6.45) is 1.32. The molecule has 5 rings (SSSR count). The second kappa shape index (κ2) is 6.78. The summed E-state index contributed by atoms with van der Waals surface area (Å²) in [6, 6.07) is 9.50. The molecule has 0 aromatic heterocycles. The van der Waals surface area contributed by atoms with Gasteiger partial charge in [-0.3, -0.25) is 25.0 Å². The lowest BCUT2D eigenvalue weighted by Gasteiger charge is -2.49. The van der Waals surface area contributed by atoms with E-state index < -0.39 is 34.2 Å². The van der Waals surface area contributed by atoms with Crippen molar-refractivity contribution in [2.75, 3.05) is 16.3 Å². The first kappa shape index (κ1) is 19.5. The van der Waals surface area contributed by atoms with Gasteiger partial charge in [0.05, 0.1) is 16.7 Å². The molecule has 158 valence electrons. The van der Waals surface area contributed by atoms with E-state index >= 15 is 0 Å². The molecule has 9 nitrogen and oxygen atoms in total. The van der Waals surface area contributed by atoms with Gasteiger partial charge in [-0.1, -0.05) is 17.7 Å². The van der Waals surface area contributed by atoms with Crippen LogP contribution in [0, 0.1) is 15.5 Å². The minimum Gasteiger partial charge on any atom is -0.367 e. The predicted molar refractivity (Wildman–Crippen MR) is 112 cm³/mol. The Bertz CT molecular complexity index is 1170. The Hall–Kier alpha value is -3.46. The molecule has 4 amide bonds. The maximum absolute atomic E-state index is 13.8. The standard InChI is InChI=1S/C21H17ClN4O5/c22-13-3-1-4-14(10-13)25-19(28)21(18(27)23-20(25)29)11-12-9-15(26(30)31)6-7-16(12)24-8-2-5-17(21)24/h1,3-4,6-7,9-10,17H,2,5,8,11H2,(H,23,27,29)/t17-,21-/m1/s1. The normalized spacial score (nSPS) is 24.8. The molecule has 0 bridgehead atoms. The summed E-state index contributed by atoms with van der Waals surface area (Å²) in [4.78, 5) is 53.5. The zero-order chi connectivity index (χ0) is 21.9. The smallest absolute Gasteiger partial charge is 0.335 e. The third-order valence-electron chi connectivity index (χ3n) is 6.35. The molecule has 3 aliphatic heterocycles. The van der Waals surface area contributed by atoms with Gasteiger partial charge in [0.15, 0.2) is 5.41 Å². The average molecular weight is 441 g/mol. The molecule has 0 aliphatic carbocycles. The van der Waals surface area contributed by atoms with E-state index in [1.54, 1.807) is 24.3 Å². The Kier molecular flexibility index (Phi) is 4.26. The second-order valence-corrected chi connectivity index (χ2v) is 8.39. The van der Waals surface area contributed by atoms with Crippen LogP contribution in [0.4, 0.5) is 21.9 Å². The topological polar surface area (TPSA) is 113 Å². The fraction of sp³-hybridized carbons (Fsp3) is 0.286. The molecule has 2 aromatic carbocycles. The van der Waals surface area contributed by atoms with Crippen molar-refractivity contribution in [2.45, 2.75) is 25.3 Å². The monoisotopic (exact) mass is 440 g/mol. The van der Waals surface area contributed by atoms with Crippen LogP contribution >= 0.6 is 11.6 Å². The zero-order valence-electron chi connectivity index (χ0n) is 16.2. The lowest BCUT2D eigenvalue weighted by atomic mass is 9.68. The third-order valence-corrected chi connectivity index (χ3v) is 6.59. The summed E-state index contributed by atoms with van der Waals surface area (Å²) in [6.45, 7) is 0.614. The highest BCUT2D eigenvalue weighted by Gasteiger charge is 2.63. The van der Waals surface area contributed by atoms with Crippen molar-refractivity contribution in [2.24, 2.45) is 5.41 Å². The molecular weight excluding hydrogens is 424 g/mol. The van der Waals surface area contributed by atoms with E-state index in [0.29, 0.717) is 23.6 Å². The number of nitrogens with zero attached hydrogens (tertiary/aromatic N) is 3. The van der Waals surface area contributed by atoms with Gasteiger partial charge in [-0.2, -0.15) is 0 Å². The van der Waals surface area contributed by atoms with Crippen molar-refractivity contribution in [1.29, 1.82) is 0 Å². The van der Waals surface area contributed by atoms with E-state index in [-0.39, 0.29) is 17.8 Å². The van der Waals surface area contributed by atoms with E-state index in [4.69, 9.17) is 11.6 Å². The van der Waals surface area contributed by atoms with E-state index in [9.17, 15) is 24.5 Å². The molecule has 0 saturated carbocycles. The molecule has 3 aliphatic rings. The minimum atomic E-state index is -1.57. The molecule has 2 atom stereocenters. The van der Waals surface area contributed by atoms with Gasteiger partial charge in [-0.05, 0) is 42.7 Å². The van der Waals surface area contributed by atoms with E-state index in [1.165, 1.54) is 18.2 Å². The highest BCUT2D eigenvalue weighted by atomic mass is 35.5. The SMILES string of the molecule is O=C1NC(=O)[C@]2(Cc3cc([N+](=O)[O-])ccc3N3CCC[C@@H]32)C(=O)N1c1cccc(Cl)c1. The summed E-state index contributed by atoms with van der Waals surface area (Å²) in [5, 5.41) is 14.0. The van der Waals surface area contributed by atoms with E-state index in [1.807, 2.05) is 4.90 Å². The molecule has 0 unspecified atom stereocenters. The Labute approximate surface area is 181 Å². The van der Waals surface area contributed by atoms with Crippen LogP contribution in [-0.2, 0) is 16.0 Å². The van der Waals surface area contributed by atoms with E-state index in [2.05, 4.69) is 5.32 Å². The number of non-ortho nitro benzene ring substituents is 1. The quantitative estimate of drug-likeness (QED) is 0.436. The van der Waals surface area contributed by atoms with Gasteiger partial charge >= 0.3 is 6.03 Å². The van der Waals surface area contributed by atoms with Crippen molar-refractivity contribution in [3.05, 3.63) is 63.2 Å². The molecule has 1 spiro atoms. The van der Waals surface area contributed by atoms with Gasteiger partial charge in [-0.15, -0.1) is 0 Å². The first-order chi connectivity index (χ1) is 14.8. The van der Waals surface area contributed by atoms with Gasteiger partial charge in [0.25, 0.3) is 11.6 Å². The van der Waals surface area contributed by atoms with Crippen molar-refractivity contribution < 1.29 is 19.3 Å². The summed E-state index contributed by atoms with van der Waals surface area (Å²) in [7, 11) is 0. The molecule has 10 heteroatoms. The second-order valence-electron chi connectivity index (χ2n) is 7.95. The van der Waals surface area contributed by atoms with Gasteiger partial charge < -0.3 is 4.90 Å². The van der Waals surface area contributed by atoms with Crippen molar-refractivity contribution in [3.63, 3.8) is 0 Å². The molecule has 3 heterocycles. The van der Waals surface area contributed by atoms with Crippen molar-refractivity contribution >= 4 is 46.5 Å². The zero-order valence-corrected chi connectivity index (χ0v) is 17.0. The lowest BCUT2D eigenvalue weighted by molar-refractivity contribution is -0.384. The highest BCUT2D eigenvalue weighted by molar-refractivity contribution is 6.33. The maximum Gasteiger partial charge on any atom is 0.335 e. The number of carbonyl (C=O) groups excluding carboxylic acids is 3. The number of nitro groups is 1. The number of hydrogen-bond donors (Lipinski definition) is 1. The summed E-state index contributed by atoms with van der Waals surface area (Å²) in [5.41, 5.74) is -0.106. The molecule has 31 heavy (non-hydrogen) atoms. The van der Waals surface area contributed by atoms with Crippen LogP contribution in [0.5, 0.6) is 0 Å². The number of urea groups is 1. The molecule has 2 saturated heterocycles. The van der Waals surface area contributed by atoms with Gasteiger partial charge in [-0.25, -0.2) is 9.69 Å². The van der Waals surface area contributed by atoms with Crippen LogP contribution in [0.2, 0.25) is 5.02 Å². The summed E-state index contributed by atoms with van der Waals surface area (Å²) in [5.74, 6) is -1.31. The van der Waals surface area contributed by atoms with Gasteiger partial charge in [0, 0.05) is 35.8 Å². The van der Waals surface area contributed by atoms with Gasteiger partial charge in [0.2, 0.25) is 5.91 Å². The number of nitro benzene ring substituents is 1. The predicted octanol–water partition coefficient (Wildman–Crippen LogP) is 3.04. The average Bonchev–Trinajstić information content (AvgIpc) is 3.22. The van der Waals surface area contributed by atoms with E-state index in [0.717, 1.165) is 17.0 Å².